The largest absolute Gasteiger partial charge is 0.477 e. The third kappa shape index (κ3) is 5.29. The summed E-state index contributed by atoms with van der Waals surface area (Å²) in [4.78, 5) is 43.4. The molecule has 13 nitrogen and oxygen atoms in total. The highest BCUT2D eigenvalue weighted by Crippen LogP contribution is 2.45. The van der Waals surface area contributed by atoms with Gasteiger partial charge in [0.25, 0.3) is 11.8 Å². The number of nitrogen functional groups attached to an aromatic ring is 1. The third-order valence-electron chi connectivity index (χ3n) is 5.04. The molecule has 4 heterocycles. The Hall–Kier alpha value is -2.86. The number of carbonyl (C=O) groups is 3. The summed E-state index contributed by atoms with van der Waals surface area (Å²) < 4.78 is 0. The lowest BCUT2D eigenvalue weighted by molar-refractivity contribution is -0.150. The van der Waals surface area contributed by atoms with Gasteiger partial charge in [-0.15, -0.1) is 34.9 Å². The maximum atomic E-state index is 13.0. The molecule has 17 heteroatoms. The van der Waals surface area contributed by atoms with Crippen LogP contribution >= 0.6 is 46.6 Å². The molecule has 4 rings (SSSR count). The van der Waals surface area contributed by atoms with Gasteiger partial charge in [0.15, 0.2) is 10.8 Å². The molecular formula is C19H22N8O5S4. The van der Waals surface area contributed by atoms with Crippen molar-refractivity contribution in [1.29, 1.82) is 0 Å². The van der Waals surface area contributed by atoms with E-state index in [9.17, 15) is 24.7 Å². The molecule has 2 atom stereocenters. The zero-order valence-corrected chi connectivity index (χ0v) is 21.8. The molecule has 0 spiro atoms. The van der Waals surface area contributed by atoms with Crippen molar-refractivity contribution in [2.45, 2.75) is 11.4 Å². The Morgan fingerprint density at radius 2 is 2.22 bits per heavy atom. The molecule has 0 radical (unpaired) electrons. The first kappa shape index (κ1) is 26.2. The molecule has 1 aromatic heterocycles. The number of aromatic nitrogens is 1. The van der Waals surface area contributed by atoms with Gasteiger partial charge in [0, 0.05) is 34.5 Å². The molecule has 192 valence electrons. The van der Waals surface area contributed by atoms with E-state index in [0.29, 0.717) is 23.1 Å². The Bertz CT molecular complexity index is 1180. The van der Waals surface area contributed by atoms with E-state index in [2.05, 4.69) is 20.9 Å². The molecular weight excluding hydrogens is 549 g/mol. The summed E-state index contributed by atoms with van der Waals surface area (Å²) in [5.74, 6) is -0.937. The van der Waals surface area contributed by atoms with Crippen molar-refractivity contribution in [2.75, 3.05) is 29.7 Å². The molecule has 0 aromatic carbocycles. The zero-order chi connectivity index (χ0) is 25.8. The summed E-state index contributed by atoms with van der Waals surface area (Å²) >= 11 is 5.29. The maximum absolute atomic E-state index is 13.0. The van der Waals surface area contributed by atoms with Crippen molar-refractivity contribution in [3.05, 3.63) is 45.1 Å². The fourth-order valence-electron chi connectivity index (χ4n) is 3.46. The molecule has 36 heavy (non-hydrogen) atoms. The van der Waals surface area contributed by atoms with Crippen LogP contribution in [0.15, 0.2) is 44.5 Å². The molecule has 0 bridgehead atoms. The lowest BCUT2D eigenvalue weighted by Crippen LogP contribution is -2.71. The van der Waals surface area contributed by atoms with E-state index < -0.39 is 34.9 Å². The van der Waals surface area contributed by atoms with Gasteiger partial charge in [-0.3, -0.25) is 19.5 Å². The minimum atomic E-state index is -1.24. The number of allylic oxidation sites excluding steroid dienone is 2. The highest BCUT2D eigenvalue weighted by atomic mass is 32.2. The van der Waals surface area contributed by atoms with E-state index in [4.69, 9.17) is 11.5 Å². The number of thioether (sulfide) groups is 3. The number of anilines is 1. The predicted molar refractivity (Wildman–Crippen MR) is 141 cm³/mol. The summed E-state index contributed by atoms with van der Waals surface area (Å²) in [5, 5.41) is 28.4. The number of hydrogen-bond donors (Lipinski definition) is 6. The zero-order valence-electron chi connectivity index (χ0n) is 18.5. The number of carboxylic acids is 1. The van der Waals surface area contributed by atoms with E-state index in [1.165, 1.54) is 33.8 Å². The summed E-state index contributed by atoms with van der Waals surface area (Å²) in [5.41, 5.74) is 13.8. The first-order valence-corrected chi connectivity index (χ1v) is 14.3. The van der Waals surface area contributed by atoms with Crippen LogP contribution in [-0.4, -0.2) is 84.0 Å². The van der Waals surface area contributed by atoms with Crippen LogP contribution in [0.4, 0.5) is 5.13 Å². The van der Waals surface area contributed by atoms with Crippen LogP contribution in [0.3, 0.4) is 0 Å². The highest BCUT2D eigenvalue weighted by Gasteiger charge is 2.54. The van der Waals surface area contributed by atoms with Gasteiger partial charge in [-0.1, -0.05) is 16.9 Å². The average Bonchev–Trinajstić information content (AvgIpc) is 3.29. The first-order valence-electron chi connectivity index (χ1n) is 10.4. The van der Waals surface area contributed by atoms with E-state index in [-0.39, 0.29) is 16.5 Å². The minimum Gasteiger partial charge on any atom is -0.477 e. The van der Waals surface area contributed by atoms with Crippen molar-refractivity contribution in [2.24, 2.45) is 10.9 Å². The van der Waals surface area contributed by atoms with Crippen LogP contribution in [0.1, 0.15) is 5.69 Å². The lowest BCUT2D eigenvalue weighted by Gasteiger charge is -2.49. The summed E-state index contributed by atoms with van der Waals surface area (Å²) in [6.45, 7) is 0.547. The number of aliphatic carboxylic acids is 1. The standard InChI is InChI=1S/C19H22N8O5S4/c20-3-5-33-8-26-11(2-1-4-22-26)36-10-7-34-17-13(16(29)27(17)14(10)18(30)31)24-15(28)12(25-32)9-6-35-19(21)23-9/h1-2,4,6,13,17,22,32H,3,5,7-8,20H2,(H2,21,23)(H,24,28)(H,30,31)/b25-12-/t13-,17-/m1/s1. The summed E-state index contributed by atoms with van der Waals surface area (Å²) in [6.07, 6.45) is 5.43. The van der Waals surface area contributed by atoms with Crippen LogP contribution in [-0.2, 0) is 14.4 Å². The Labute approximate surface area is 222 Å². The number of fused-ring (bicyclic) bond motifs is 1. The lowest BCUT2D eigenvalue weighted by atomic mass is 10.0. The summed E-state index contributed by atoms with van der Waals surface area (Å²) in [6, 6.07) is -0.987. The topological polar surface area (TPSA) is 200 Å². The molecule has 1 aromatic rings. The van der Waals surface area contributed by atoms with Gasteiger partial charge in [0.2, 0.25) is 0 Å². The minimum absolute atomic E-state index is 0.0693. The van der Waals surface area contributed by atoms with Crippen LogP contribution < -0.4 is 22.2 Å². The van der Waals surface area contributed by atoms with Crippen molar-refractivity contribution in [3.63, 3.8) is 0 Å². The molecule has 0 saturated carbocycles. The summed E-state index contributed by atoms with van der Waals surface area (Å²) in [7, 11) is 0. The van der Waals surface area contributed by atoms with E-state index in [1.807, 2.05) is 17.2 Å². The third-order valence-corrected chi connectivity index (χ3v) is 9.30. The first-order chi connectivity index (χ1) is 17.3. The number of nitrogens with zero attached hydrogens (tertiary/aromatic N) is 4. The number of hydrazine groups is 1. The number of β-lactam (4-membered cyclic amide) rings is 1. The second-order valence-electron chi connectivity index (χ2n) is 7.31. The van der Waals surface area contributed by atoms with Crippen molar-refractivity contribution < 1.29 is 24.7 Å². The Morgan fingerprint density at radius 3 is 2.89 bits per heavy atom. The predicted octanol–water partition coefficient (Wildman–Crippen LogP) is 0.158. The number of nitrogens with two attached hydrogens (primary N) is 2. The number of amides is 2. The van der Waals surface area contributed by atoms with Gasteiger partial charge in [-0.05, 0) is 12.2 Å². The van der Waals surface area contributed by atoms with E-state index in [1.54, 1.807) is 18.0 Å². The number of carbonyl (C=O) groups excluding carboxylic acids is 2. The van der Waals surface area contributed by atoms with Crippen LogP contribution in [0.2, 0.25) is 0 Å². The van der Waals surface area contributed by atoms with Gasteiger partial charge in [-0.2, -0.15) is 0 Å². The van der Waals surface area contributed by atoms with Gasteiger partial charge in [0.05, 0.1) is 10.9 Å². The number of carboxylic acid groups (broad SMARTS) is 1. The normalized spacial score (nSPS) is 21.5. The van der Waals surface area contributed by atoms with Gasteiger partial charge in [0.1, 0.15) is 22.8 Å². The van der Waals surface area contributed by atoms with Crippen LogP contribution in [0.5, 0.6) is 0 Å². The van der Waals surface area contributed by atoms with E-state index in [0.717, 1.165) is 22.1 Å². The average molecular weight is 571 g/mol. The molecule has 3 aliphatic rings. The number of nitrogens with one attached hydrogen (secondary N) is 2. The molecule has 1 saturated heterocycles. The molecule has 0 unspecified atom stereocenters. The number of hydrogen-bond acceptors (Lipinski definition) is 14. The monoisotopic (exact) mass is 570 g/mol. The highest BCUT2D eigenvalue weighted by molar-refractivity contribution is 8.09. The second-order valence-corrected chi connectivity index (χ2v) is 11.5. The van der Waals surface area contributed by atoms with Gasteiger partial charge in [-0.25, -0.2) is 9.78 Å². The second kappa shape index (κ2) is 11.5. The van der Waals surface area contributed by atoms with Crippen molar-refractivity contribution in [1.82, 2.24) is 25.6 Å². The van der Waals surface area contributed by atoms with Gasteiger partial charge < -0.3 is 32.5 Å². The quantitative estimate of drug-likeness (QED) is 0.0731. The SMILES string of the molecule is NCCSCN1NC=CC=C1SC1=C(C(=O)O)N2C(=O)[C@@H](NC(=O)/C(=N\O)c3csc(N)n3)[C@H]2SC1. The Morgan fingerprint density at radius 1 is 1.42 bits per heavy atom. The van der Waals surface area contributed by atoms with Crippen molar-refractivity contribution in [3.8, 4) is 0 Å². The number of rotatable bonds is 10. The van der Waals surface area contributed by atoms with Crippen LogP contribution in [0.25, 0.3) is 0 Å². The molecule has 8 N–H and O–H groups in total. The fraction of sp³-hybridized carbons (Fsp3) is 0.316. The molecule has 0 aliphatic carbocycles. The smallest absolute Gasteiger partial charge is 0.353 e. The maximum Gasteiger partial charge on any atom is 0.353 e. The molecule has 2 amide bonds. The van der Waals surface area contributed by atoms with Crippen LogP contribution in [0, 0.1) is 0 Å². The van der Waals surface area contributed by atoms with E-state index >= 15 is 0 Å². The fourth-order valence-corrected chi connectivity index (χ4v) is 7.32. The Balaban J connectivity index is 1.48. The molecule has 3 aliphatic heterocycles. The number of thiazole rings is 1. The van der Waals surface area contributed by atoms with Gasteiger partial charge >= 0.3 is 5.97 Å². The Kier molecular flexibility index (Phi) is 8.35. The van der Waals surface area contributed by atoms with Crippen molar-refractivity contribution >= 4 is 75.2 Å². The number of oxime groups is 1. The molecule has 1 fully saturated rings.